The van der Waals surface area contributed by atoms with E-state index >= 15 is 0 Å². The second-order valence-electron chi connectivity index (χ2n) is 7.51. The molecule has 0 saturated carbocycles. The molecular formula is C26H19F3O6. The molecule has 0 aliphatic heterocycles. The number of carbonyl (C=O) groups is 1. The maximum absolute atomic E-state index is 13.7. The first-order valence-electron chi connectivity index (χ1n) is 10.5. The number of ether oxygens (including phenoxy) is 3. The van der Waals surface area contributed by atoms with Crippen molar-refractivity contribution in [2.24, 2.45) is 0 Å². The van der Waals surface area contributed by atoms with E-state index in [1.165, 1.54) is 36.4 Å². The van der Waals surface area contributed by atoms with Gasteiger partial charge in [-0.1, -0.05) is 17.7 Å². The molecule has 1 aromatic heterocycles. The Morgan fingerprint density at radius 2 is 1.54 bits per heavy atom. The smallest absolute Gasteiger partial charge is 0.453 e. The van der Waals surface area contributed by atoms with Crippen molar-refractivity contribution in [1.29, 1.82) is 0 Å². The van der Waals surface area contributed by atoms with Crippen LogP contribution in [0.15, 0.2) is 75.9 Å². The van der Waals surface area contributed by atoms with Crippen molar-refractivity contribution < 1.29 is 36.6 Å². The van der Waals surface area contributed by atoms with E-state index in [-0.39, 0.29) is 22.4 Å². The van der Waals surface area contributed by atoms with Crippen LogP contribution in [0.2, 0.25) is 0 Å². The molecule has 9 heteroatoms. The minimum absolute atomic E-state index is 0.0497. The van der Waals surface area contributed by atoms with Crippen molar-refractivity contribution in [3.05, 3.63) is 93.8 Å². The standard InChI is InChI=1S/C26H19F3O6/c1-3-32-17-10-6-16(7-11-17)25(31)34-19-12-13-20-21(14-19)35-24(26(27,28)29)23(22(20)30)33-18-8-4-15(2)5-9-18/h4-14H,3H2,1-2H3. The minimum Gasteiger partial charge on any atom is -0.494 e. The van der Waals surface area contributed by atoms with Gasteiger partial charge in [0, 0.05) is 6.07 Å². The number of hydrogen-bond acceptors (Lipinski definition) is 6. The van der Waals surface area contributed by atoms with Gasteiger partial charge in [-0.15, -0.1) is 0 Å². The van der Waals surface area contributed by atoms with Crippen LogP contribution >= 0.6 is 0 Å². The quantitative estimate of drug-likeness (QED) is 0.229. The summed E-state index contributed by atoms with van der Waals surface area (Å²) in [5.74, 6) is -2.79. The molecule has 4 aromatic rings. The molecule has 4 rings (SSSR count). The molecule has 0 bridgehead atoms. The molecule has 0 N–H and O–H groups in total. The van der Waals surface area contributed by atoms with Gasteiger partial charge in [0.15, 0.2) is 0 Å². The molecule has 0 aliphatic rings. The molecule has 1 heterocycles. The lowest BCUT2D eigenvalue weighted by Gasteiger charge is -2.14. The minimum atomic E-state index is -5.01. The summed E-state index contributed by atoms with van der Waals surface area (Å²) in [6.07, 6.45) is -5.01. The summed E-state index contributed by atoms with van der Waals surface area (Å²) in [5.41, 5.74) is -0.349. The van der Waals surface area contributed by atoms with E-state index in [1.807, 2.05) is 6.92 Å². The van der Waals surface area contributed by atoms with E-state index in [0.29, 0.717) is 12.4 Å². The normalized spacial score (nSPS) is 11.3. The summed E-state index contributed by atoms with van der Waals surface area (Å²) < 4.78 is 62.1. The number of alkyl halides is 3. The Hall–Kier alpha value is -4.27. The zero-order valence-electron chi connectivity index (χ0n) is 18.6. The predicted octanol–water partition coefficient (Wildman–Crippen LogP) is 6.53. The van der Waals surface area contributed by atoms with Gasteiger partial charge < -0.3 is 18.6 Å². The van der Waals surface area contributed by atoms with E-state index < -0.39 is 34.7 Å². The number of benzene rings is 3. The van der Waals surface area contributed by atoms with E-state index in [1.54, 1.807) is 31.2 Å². The van der Waals surface area contributed by atoms with Crippen LogP contribution in [0.5, 0.6) is 23.0 Å². The largest absolute Gasteiger partial charge is 0.494 e. The number of esters is 1. The lowest BCUT2D eigenvalue weighted by molar-refractivity contribution is -0.154. The van der Waals surface area contributed by atoms with Crippen molar-refractivity contribution in [2.45, 2.75) is 20.0 Å². The zero-order valence-corrected chi connectivity index (χ0v) is 18.6. The van der Waals surface area contributed by atoms with Crippen molar-refractivity contribution >= 4 is 16.9 Å². The summed E-state index contributed by atoms with van der Waals surface area (Å²) >= 11 is 0. The molecule has 0 amide bonds. The molecule has 0 saturated heterocycles. The molecule has 6 nitrogen and oxygen atoms in total. The first kappa shape index (κ1) is 23.9. The number of rotatable bonds is 6. The molecule has 180 valence electrons. The summed E-state index contributed by atoms with van der Waals surface area (Å²) in [6.45, 7) is 4.08. The Bertz CT molecular complexity index is 1420. The second kappa shape index (κ2) is 9.54. The zero-order chi connectivity index (χ0) is 25.2. The Morgan fingerprint density at radius 1 is 0.914 bits per heavy atom. The molecular weight excluding hydrogens is 465 g/mol. The number of hydrogen-bond donors (Lipinski definition) is 0. The first-order valence-corrected chi connectivity index (χ1v) is 10.5. The number of fused-ring (bicyclic) bond motifs is 1. The molecule has 3 aromatic carbocycles. The van der Waals surface area contributed by atoms with Crippen LogP contribution in [0.4, 0.5) is 13.2 Å². The van der Waals surface area contributed by atoms with Crippen molar-refractivity contribution in [1.82, 2.24) is 0 Å². The first-order chi connectivity index (χ1) is 16.7. The van der Waals surface area contributed by atoms with Gasteiger partial charge in [-0.05, 0) is 62.4 Å². The molecule has 0 unspecified atom stereocenters. The number of aryl methyl sites for hydroxylation is 1. The van der Waals surface area contributed by atoms with E-state index in [9.17, 15) is 22.8 Å². The van der Waals surface area contributed by atoms with Crippen molar-refractivity contribution in [2.75, 3.05) is 6.61 Å². The molecule has 35 heavy (non-hydrogen) atoms. The maximum Gasteiger partial charge on any atom is 0.453 e. The topological polar surface area (TPSA) is 75.0 Å². The van der Waals surface area contributed by atoms with Gasteiger partial charge in [0.2, 0.25) is 11.2 Å². The number of halogens is 3. The summed E-state index contributed by atoms with van der Waals surface area (Å²) in [5, 5.41) is -0.166. The van der Waals surface area contributed by atoms with Gasteiger partial charge in [0.05, 0.1) is 17.6 Å². The fourth-order valence-corrected chi connectivity index (χ4v) is 3.24. The van der Waals surface area contributed by atoms with Crippen molar-refractivity contribution in [3.63, 3.8) is 0 Å². The van der Waals surface area contributed by atoms with Crippen molar-refractivity contribution in [3.8, 4) is 23.0 Å². The Balaban J connectivity index is 1.68. The number of carbonyl (C=O) groups excluding carboxylic acids is 1. The molecule has 0 spiro atoms. The fraction of sp³-hybridized carbons (Fsp3) is 0.154. The van der Waals surface area contributed by atoms with E-state index in [0.717, 1.165) is 11.6 Å². The fourth-order valence-electron chi connectivity index (χ4n) is 3.24. The van der Waals surface area contributed by atoms with Crippen LogP contribution in [0.1, 0.15) is 28.6 Å². The monoisotopic (exact) mass is 484 g/mol. The lowest BCUT2D eigenvalue weighted by atomic mass is 10.2. The van der Waals surface area contributed by atoms with E-state index in [4.69, 9.17) is 18.6 Å². The van der Waals surface area contributed by atoms with Crippen LogP contribution < -0.4 is 19.6 Å². The van der Waals surface area contributed by atoms with Gasteiger partial charge in [0.25, 0.3) is 5.76 Å². The second-order valence-corrected chi connectivity index (χ2v) is 7.51. The van der Waals surface area contributed by atoms with Crippen LogP contribution in [-0.4, -0.2) is 12.6 Å². The van der Waals surface area contributed by atoms with Crippen LogP contribution in [-0.2, 0) is 6.18 Å². The summed E-state index contributed by atoms with van der Waals surface area (Å²) in [4.78, 5) is 25.3. The molecule has 0 radical (unpaired) electrons. The molecule has 0 aliphatic carbocycles. The highest BCUT2D eigenvalue weighted by Crippen LogP contribution is 2.38. The highest BCUT2D eigenvalue weighted by atomic mass is 19.4. The Labute approximate surface area is 197 Å². The maximum atomic E-state index is 13.7. The SMILES string of the molecule is CCOc1ccc(C(=O)Oc2ccc3c(=O)c(Oc4ccc(C)cc4)c(C(F)(F)F)oc3c2)cc1. The highest BCUT2D eigenvalue weighted by molar-refractivity contribution is 5.91. The van der Waals surface area contributed by atoms with Gasteiger partial charge >= 0.3 is 12.1 Å². The van der Waals surface area contributed by atoms with Gasteiger partial charge in [0.1, 0.15) is 22.8 Å². The third-order valence-corrected chi connectivity index (χ3v) is 4.93. The Morgan fingerprint density at radius 3 is 2.17 bits per heavy atom. The van der Waals surface area contributed by atoms with E-state index in [2.05, 4.69) is 0 Å². The Kier molecular flexibility index (Phi) is 6.50. The summed E-state index contributed by atoms with van der Waals surface area (Å²) in [7, 11) is 0. The van der Waals surface area contributed by atoms with Gasteiger partial charge in [-0.3, -0.25) is 4.79 Å². The van der Waals surface area contributed by atoms with Crippen LogP contribution in [0, 0.1) is 6.92 Å². The third-order valence-electron chi connectivity index (χ3n) is 4.93. The highest BCUT2D eigenvalue weighted by Gasteiger charge is 2.40. The van der Waals surface area contributed by atoms with Gasteiger partial charge in [-0.25, -0.2) is 4.79 Å². The average molecular weight is 484 g/mol. The van der Waals surface area contributed by atoms with Gasteiger partial charge in [-0.2, -0.15) is 13.2 Å². The third kappa shape index (κ3) is 5.29. The lowest BCUT2D eigenvalue weighted by Crippen LogP contribution is -2.15. The summed E-state index contributed by atoms with van der Waals surface area (Å²) in [6, 6.07) is 15.9. The van der Waals surface area contributed by atoms with Crippen LogP contribution in [0.25, 0.3) is 11.0 Å². The van der Waals surface area contributed by atoms with Crippen LogP contribution in [0.3, 0.4) is 0 Å². The average Bonchev–Trinajstić information content (AvgIpc) is 2.82. The molecule has 0 atom stereocenters. The molecule has 0 fully saturated rings. The predicted molar refractivity (Wildman–Crippen MR) is 121 cm³/mol.